The fraction of sp³-hybridized carbons (Fsp3) is 0.200. The van der Waals surface area contributed by atoms with Gasteiger partial charge in [-0.05, 0) is 0 Å². The summed E-state index contributed by atoms with van der Waals surface area (Å²) in [5.74, 6) is -2.46. The van der Waals surface area contributed by atoms with Gasteiger partial charge in [0, 0.05) is 12.2 Å². The largest absolute Gasteiger partial charge is 0.478 e. The summed E-state index contributed by atoms with van der Waals surface area (Å²) in [5, 5.41) is 24.0. The van der Waals surface area contributed by atoms with Crippen LogP contribution in [-0.2, 0) is 14.3 Å². The summed E-state index contributed by atoms with van der Waals surface area (Å²) >= 11 is 0. The van der Waals surface area contributed by atoms with Crippen LogP contribution in [0.15, 0.2) is 12.2 Å². The van der Waals surface area contributed by atoms with Crippen molar-refractivity contribution in [1.29, 1.82) is 0 Å². The minimum absolute atomic E-state index is 0.519. The van der Waals surface area contributed by atoms with E-state index in [1.807, 2.05) is 0 Å². The molecule has 0 amide bonds. The quantitative estimate of drug-likeness (QED) is 0.263. The summed E-state index contributed by atoms with van der Waals surface area (Å²) in [6, 6.07) is 0. The van der Waals surface area contributed by atoms with Gasteiger partial charge in [-0.3, -0.25) is 0 Å². The van der Waals surface area contributed by atoms with E-state index in [1.54, 1.807) is 0 Å². The van der Waals surface area contributed by atoms with Crippen molar-refractivity contribution in [3.8, 4) is 0 Å². The van der Waals surface area contributed by atoms with Gasteiger partial charge < -0.3 is 20.1 Å². The van der Waals surface area contributed by atoms with E-state index in [9.17, 15) is 9.59 Å². The zero-order chi connectivity index (χ0) is 8.85. The monoisotopic (exact) mass is 162 g/mol. The highest BCUT2D eigenvalue weighted by atomic mass is 16.7. The third kappa shape index (κ3) is 6.49. The Morgan fingerprint density at radius 1 is 1.27 bits per heavy atom. The molecule has 0 aliphatic heterocycles. The van der Waals surface area contributed by atoms with Gasteiger partial charge in [0.15, 0.2) is 0 Å². The highest BCUT2D eigenvalue weighted by Crippen LogP contribution is 1.84. The van der Waals surface area contributed by atoms with E-state index in [0.717, 1.165) is 0 Å². The van der Waals surface area contributed by atoms with Crippen molar-refractivity contribution in [2.24, 2.45) is 0 Å². The number of rotatable bonds is 3. The summed E-state index contributed by atoms with van der Waals surface area (Å²) in [7, 11) is 0. The first kappa shape index (κ1) is 9.60. The molecule has 0 saturated carbocycles. The van der Waals surface area contributed by atoms with E-state index in [1.165, 1.54) is 0 Å². The molecule has 11 heavy (non-hydrogen) atoms. The molecule has 62 valence electrons. The maximum Gasteiger partial charge on any atom is 0.335 e. The Balaban J connectivity index is 3.78. The summed E-state index contributed by atoms with van der Waals surface area (Å²) in [6.07, 6.45) is 1.08. The van der Waals surface area contributed by atoms with Crippen molar-refractivity contribution in [2.45, 2.75) is 6.48 Å². The van der Waals surface area contributed by atoms with Crippen molar-refractivity contribution >= 4 is 11.9 Å². The molecule has 0 aromatic rings. The van der Waals surface area contributed by atoms with Crippen LogP contribution in [-0.4, -0.2) is 33.7 Å². The van der Waals surface area contributed by atoms with E-state index >= 15 is 0 Å². The molecule has 0 fully saturated rings. The number of carboxylic acid groups (broad SMARTS) is 1. The summed E-state index contributed by atoms with van der Waals surface area (Å²) in [6.45, 7) is -2.22. The minimum atomic E-state index is -2.22. The third-order valence-corrected chi connectivity index (χ3v) is 0.584. The van der Waals surface area contributed by atoms with Gasteiger partial charge in [0.05, 0.1) is 0 Å². The van der Waals surface area contributed by atoms with Crippen LogP contribution in [0, 0.1) is 0 Å². The second kappa shape index (κ2) is 4.42. The molecule has 6 nitrogen and oxygen atoms in total. The second-order valence-corrected chi connectivity index (χ2v) is 1.43. The standard InChI is InChI=1S/C5H6O6/c6-3(7)1-2-4(8)11-5(9)10/h1-2,5,9-10H,(H,6,7)/b2-1-. The van der Waals surface area contributed by atoms with Gasteiger partial charge in [0.1, 0.15) is 0 Å². The van der Waals surface area contributed by atoms with Crippen molar-refractivity contribution < 1.29 is 29.6 Å². The topological polar surface area (TPSA) is 104 Å². The zero-order valence-electron chi connectivity index (χ0n) is 5.30. The predicted octanol–water partition coefficient (Wildman–Crippen LogP) is -1.56. The van der Waals surface area contributed by atoms with Gasteiger partial charge in [-0.25, -0.2) is 9.59 Å². The van der Waals surface area contributed by atoms with E-state index < -0.39 is 18.4 Å². The van der Waals surface area contributed by atoms with E-state index in [4.69, 9.17) is 15.3 Å². The molecule has 0 rings (SSSR count). The van der Waals surface area contributed by atoms with Crippen LogP contribution in [0.5, 0.6) is 0 Å². The van der Waals surface area contributed by atoms with E-state index in [2.05, 4.69) is 4.74 Å². The van der Waals surface area contributed by atoms with Crippen LogP contribution >= 0.6 is 0 Å². The first-order chi connectivity index (χ1) is 5.02. The molecule has 0 radical (unpaired) electrons. The second-order valence-electron chi connectivity index (χ2n) is 1.43. The molecular weight excluding hydrogens is 156 g/mol. The molecule has 0 unspecified atom stereocenters. The molecule has 0 aromatic carbocycles. The number of carbonyl (C=O) groups excluding carboxylic acids is 1. The van der Waals surface area contributed by atoms with Gasteiger partial charge in [-0.2, -0.15) is 0 Å². The van der Waals surface area contributed by atoms with E-state index in [0.29, 0.717) is 12.2 Å². The van der Waals surface area contributed by atoms with Crippen LogP contribution in [0.2, 0.25) is 0 Å². The van der Waals surface area contributed by atoms with Crippen LogP contribution in [0.3, 0.4) is 0 Å². The first-order valence-electron chi connectivity index (χ1n) is 2.50. The molecular formula is C5H6O6. The Kier molecular flexibility index (Phi) is 3.86. The molecule has 0 heterocycles. The molecule has 0 bridgehead atoms. The number of carboxylic acids is 1. The number of aliphatic carboxylic acids is 1. The lowest BCUT2D eigenvalue weighted by Crippen LogP contribution is -2.14. The van der Waals surface area contributed by atoms with Gasteiger partial charge >= 0.3 is 18.4 Å². The molecule has 0 saturated heterocycles. The lowest BCUT2D eigenvalue weighted by Gasteiger charge is -2.00. The van der Waals surface area contributed by atoms with Gasteiger partial charge in [-0.1, -0.05) is 0 Å². The van der Waals surface area contributed by atoms with Crippen LogP contribution < -0.4 is 0 Å². The fourth-order valence-electron chi connectivity index (χ4n) is 0.283. The lowest BCUT2D eigenvalue weighted by molar-refractivity contribution is -0.225. The number of aliphatic hydroxyl groups excluding tert-OH is 1. The van der Waals surface area contributed by atoms with Crippen molar-refractivity contribution in [3.63, 3.8) is 0 Å². The molecule has 0 aliphatic rings. The highest BCUT2D eigenvalue weighted by Gasteiger charge is 2.02. The maximum absolute atomic E-state index is 10.3. The summed E-state index contributed by atoms with van der Waals surface area (Å²) < 4.78 is 3.72. The SMILES string of the molecule is O=C(O)/C=C\C(=O)OC(O)O. The summed E-state index contributed by atoms with van der Waals surface area (Å²) in [4.78, 5) is 20.0. The number of esters is 1. The van der Waals surface area contributed by atoms with Crippen LogP contribution in [0.4, 0.5) is 0 Å². The minimum Gasteiger partial charge on any atom is -0.478 e. The molecule has 0 aliphatic carbocycles. The third-order valence-electron chi connectivity index (χ3n) is 0.584. The number of carbonyl (C=O) groups is 2. The van der Waals surface area contributed by atoms with Crippen molar-refractivity contribution in [2.75, 3.05) is 0 Å². The Labute approximate surface area is 61.3 Å². The Hall–Kier alpha value is -1.40. The Morgan fingerprint density at radius 3 is 2.18 bits per heavy atom. The molecule has 0 atom stereocenters. The first-order valence-corrected chi connectivity index (χ1v) is 2.50. The van der Waals surface area contributed by atoms with Gasteiger partial charge in [0.2, 0.25) is 0 Å². The molecule has 6 heteroatoms. The van der Waals surface area contributed by atoms with Crippen LogP contribution in [0.25, 0.3) is 0 Å². The fourth-order valence-corrected chi connectivity index (χ4v) is 0.283. The average Bonchev–Trinajstić information content (AvgIpc) is 1.82. The molecule has 3 N–H and O–H groups in total. The smallest absolute Gasteiger partial charge is 0.335 e. The Morgan fingerprint density at radius 2 is 1.82 bits per heavy atom. The van der Waals surface area contributed by atoms with Crippen LogP contribution in [0.1, 0.15) is 0 Å². The number of hydrogen-bond acceptors (Lipinski definition) is 5. The number of ether oxygens (including phenoxy) is 1. The number of aliphatic hydroxyl groups is 2. The number of hydrogen-bond donors (Lipinski definition) is 3. The van der Waals surface area contributed by atoms with Gasteiger partial charge in [0.25, 0.3) is 0 Å². The Bertz CT molecular complexity index is 181. The molecule has 0 aromatic heterocycles. The lowest BCUT2D eigenvalue weighted by atomic mass is 10.5. The predicted molar refractivity (Wildman–Crippen MR) is 31.1 cm³/mol. The van der Waals surface area contributed by atoms with E-state index in [-0.39, 0.29) is 0 Å². The van der Waals surface area contributed by atoms with Gasteiger partial charge in [-0.15, -0.1) is 0 Å². The molecule has 0 spiro atoms. The zero-order valence-corrected chi connectivity index (χ0v) is 5.30. The average molecular weight is 162 g/mol. The highest BCUT2D eigenvalue weighted by molar-refractivity contribution is 5.90. The van der Waals surface area contributed by atoms with Crippen molar-refractivity contribution in [1.82, 2.24) is 0 Å². The maximum atomic E-state index is 10.3. The summed E-state index contributed by atoms with van der Waals surface area (Å²) in [5.41, 5.74) is 0. The normalized spacial score (nSPS) is 10.5. The van der Waals surface area contributed by atoms with Crippen molar-refractivity contribution in [3.05, 3.63) is 12.2 Å².